The van der Waals surface area contributed by atoms with Crippen molar-refractivity contribution in [2.75, 3.05) is 19.6 Å². The largest absolute Gasteiger partial charge is 0.339 e. The van der Waals surface area contributed by atoms with Crippen LogP contribution in [0.2, 0.25) is 0 Å². The lowest BCUT2D eigenvalue weighted by Crippen LogP contribution is -2.41. The molecular weight excluding hydrogens is 300 g/mol. The zero-order valence-corrected chi connectivity index (χ0v) is 14.5. The first-order valence-corrected chi connectivity index (χ1v) is 8.09. The van der Waals surface area contributed by atoms with E-state index in [0.717, 1.165) is 32.5 Å². The Labute approximate surface area is 138 Å². The predicted molar refractivity (Wildman–Crippen MR) is 89.1 cm³/mol. The summed E-state index contributed by atoms with van der Waals surface area (Å²) in [6.07, 6.45) is 6.16. The van der Waals surface area contributed by atoms with Crippen LogP contribution < -0.4 is 5.32 Å². The van der Waals surface area contributed by atoms with E-state index in [1.165, 1.54) is 5.56 Å². The van der Waals surface area contributed by atoms with E-state index in [2.05, 4.69) is 29.2 Å². The molecule has 0 aliphatic carbocycles. The number of carbonyl (C=O) groups excluding carboxylic acids is 1. The Balaban J connectivity index is 0.00000176. The van der Waals surface area contributed by atoms with Gasteiger partial charge in [-0.05, 0) is 24.3 Å². The molecule has 6 heteroatoms. The molecular formula is C16H27ClN4O. The van der Waals surface area contributed by atoms with E-state index >= 15 is 0 Å². The van der Waals surface area contributed by atoms with Crippen LogP contribution in [0.3, 0.4) is 0 Å². The molecule has 0 bridgehead atoms. The molecule has 1 N–H and O–H groups in total. The number of hydrogen-bond donors (Lipinski definition) is 1. The van der Waals surface area contributed by atoms with E-state index in [9.17, 15) is 4.79 Å². The van der Waals surface area contributed by atoms with Gasteiger partial charge < -0.3 is 10.2 Å². The maximum atomic E-state index is 13.0. The Morgan fingerprint density at radius 2 is 2.23 bits per heavy atom. The normalized spacial score (nSPS) is 31.3. The molecule has 4 atom stereocenters. The van der Waals surface area contributed by atoms with E-state index in [1.54, 1.807) is 0 Å². The summed E-state index contributed by atoms with van der Waals surface area (Å²) in [7, 11) is 1.93. The van der Waals surface area contributed by atoms with E-state index in [1.807, 2.05) is 24.1 Å². The fourth-order valence-corrected chi connectivity index (χ4v) is 3.94. The Morgan fingerprint density at radius 1 is 1.45 bits per heavy atom. The molecule has 1 aromatic rings. The van der Waals surface area contributed by atoms with Crippen LogP contribution in [0.1, 0.15) is 38.2 Å². The Hall–Kier alpha value is -1.07. The fraction of sp³-hybridized carbons (Fsp3) is 0.750. The number of rotatable bonds is 3. The zero-order valence-electron chi connectivity index (χ0n) is 13.7. The third kappa shape index (κ3) is 3.15. The van der Waals surface area contributed by atoms with Gasteiger partial charge in [0.1, 0.15) is 0 Å². The van der Waals surface area contributed by atoms with Crippen molar-refractivity contribution >= 4 is 18.3 Å². The van der Waals surface area contributed by atoms with Crippen molar-refractivity contribution < 1.29 is 4.79 Å². The van der Waals surface area contributed by atoms with Crippen LogP contribution in [0, 0.1) is 11.8 Å². The van der Waals surface area contributed by atoms with Crippen LogP contribution in [0.5, 0.6) is 0 Å². The third-order valence-corrected chi connectivity index (χ3v) is 5.06. The van der Waals surface area contributed by atoms with Crippen molar-refractivity contribution in [3.63, 3.8) is 0 Å². The van der Waals surface area contributed by atoms with Gasteiger partial charge in [0, 0.05) is 44.8 Å². The molecule has 0 radical (unpaired) electrons. The second-order valence-corrected chi connectivity index (χ2v) is 6.71. The van der Waals surface area contributed by atoms with E-state index in [0.29, 0.717) is 17.9 Å². The molecule has 0 saturated carbocycles. The summed E-state index contributed by atoms with van der Waals surface area (Å²) in [5.41, 5.74) is 1.18. The van der Waals surface area contributed by atoms with Gasteiger partial charge in [-0.1, -0.05) is 13.8 Å². The molecule has 3 rings (SSSR count). The first kappa shape index (κ1) is 17.3. The molecule has 2 fully saturated rings. The van der Waals surface area contributed by atoms with Gasteiger partial charge in [-0.3, -0.25) is 9.48 Å². The highest BCUT2D eigenvalue weighted by Crippen LogP contribution is 2.33. The zero-order chi connectivity index (χ0) is 15.0. The number of likely N-dealkylation sites (tertiary alicyclic amines) is 1. The lowest BCUT2D eigenvalue weighted by atomic mass is 9.89. The minimum absolute atomic E-state index is 0. The average molecular weight is 327 g/mol. The van der Waals surface area contributed by atoms with Crippen LogP contribution in [0.4, 0.5) is 0 Å². The van der Waals surface area contributed by atoms with Gasteiger partial charge in [-0.25, -0.2) is 0 Å². The molecule has 2 saturated heterocycles. The second kappa shape index (κ2) is 7.01. The molecule has 1 amide bonds. The van der Waals surface area contributed by atoms with Crippen LogP contribution in [0.15, 0.2) is 12.4 Å². The van der Waals surface area contributed by atoms with Gasteiger partial charge in [0.05, 0.1) is 12.1 Å². The first-order valence-electron chi connectivity index (χ1n) is 8.09. The molecule has 2 aliphatic heterocycles. The molecule has 0 aromatic carbocycles. The monoisotopic (exact) mass is 326 g/mol. The fourth-order valence-electron chi connectivity index (χ4n) is 3.94. The standard InChI is InChI=1S/C16H26N4O.ClH/c1-4-13-5-11(2)9-20(13)16(21)15-8-17-7-14(15)12-6-18-19(3)10-12;/h6,10-11,13-15,17H,4-5,7-9H2,1-3H3;1H/t11?,13?,14-,15+;/m1./s1. The molecule has 2 aliphatic rings. The molecule has 124 valence electrons. The molecule has 5 nitrogen and oxygen atoms in total. The molecule has 22 heavy (non-hydrogen) atoms. The molecule has 1 aromatic heterocycles. The third-order valence-electron chi connectivity index (χ3n) is 5.06. The van der Waals surface area contributed by atoms with E-state index in [-0.39, 0.29) is 24.2 Å². The minimum atomic E-state index is 0. The summed E-state index contributed by atoms with van der Waals surface area (Å²) in [6.45, 7) is 7.03. The lowest BCUT2D eigenvalue weighted by Gasteiger charge is -2.28. The molecule has 2 unspecified atom stereocenters. The Bertz CT molecular complexity index is 518. The number of halogens is 1. The smallest absolute Gasteiger partial charge is 0.227 e. The second-order valence-electron chi connectivity index (χ2n) is 6.71. The Morgan fingerprint density at radius 3 is 2.86 bits per heavy atom. The van der Waals surface area contributed by atoms with Crippen LogP contribution in [0.25, 0.3) is 0 Å². The quantitative estimate of drug-likeness (QED) is 0.921. The molecule has 3 heterocycles. The predicted octanol–water partition coefficient (Wildman–Crippen LogP) is 1.79. The van der Waals surface area contributed by atoms with Gasteiger partial charge in [0.2, 0.25) is 5.91 Å². The topological polar surface area (TPSA) is 50.2 Å². The first-order chi connectivity index (χ1) is 10.1. The van der Waals surface area contributed by atoms with Crippen molar-refractivity contribution in [3.8, 4) is 0 Å². The van der Waals surface area contributed by atoms with Gasteiger partial charge in [0.25, 0.3) is 0 Å². The van der Waals surface area contributed by atoms with Crippen LogP contribution in [-0.4, -0.2) is 46.3 Å². The van der Waals surface area contributed by atoms with Crippen molar-refractivity contribution in [2.45, 2.75) is 38.6 Å². The molecule has 0 spiro atoms. The number of aromatic nitrogens is 2. The lowest BCUT2D eigenvalue weighted by molar-refractivity contribution is -0.136. The summed E-state index contributed by atoms with van der Waals surface area (Å²) >= 11 is 0. The number of carbonyl (C=O) groups is 1. The maximum Gasteiger partial charge on any atom is 0.227 e. The highest BCUT2D eigenvalue weighted by atomic mass is 35.5. The van der Waals surface area contributed by atoms with Gasteiger partial charge in [0.15, 0.2) is 0 Å². The highest BCUT2D eigenvalue weighted by Gasteiger charge is 2.41. The highest BCUT2D eigenvalue weighted by molar-refractivity contribution is 5.85. The number of nitrogens with zero attached hydrogens (tertiary/aromatic N) is 3. The van der Waals surface area contributed by atoms with Crippen LogP contribution >= 0.6 is 12.4 Å². The van der Waals surface area contributed by atoms with Crippen molar-refractivity contribution in [1.82, 2.24) is 20.0 Å². The average Bonchev–Trinajstić information content (AvgIpc) is 3.16. The van der Waals surface area contributed by atoms with Gasteiger partial charge in [-0.15, -0.1) is 12.4 Å². The van der Waals surface area contributed by atoms with Crippen LogP contribution in [-0.2, 0) is 11.8 Å². The van der Waals surface area contributed by atoms with Crippen molar-refractivity contribution in [2.24, 2.45) is 18.9 Å². The van der Waals surface area contributed by atoms with E-state index < -0.39 is 0 Å². The summed E-state index contributed by atoms with van der Waals surface area (Å²) < 4.78 is 1.82. The SMILES string of the molecule is CCC1CC(C)CN1C(=O)[C@H]1CNC[C@@H]1c1cnn(C)c1.Cl. The summed E-state index contributed by atoms with van der Waals surface area (Å²) in [5, 5.41) is 7.65. The number of hydrogen-bond acceptors (Lipinski definition) is 3. The van der Waals surface area contributed by atoms with Gasteiger partial charge in [-0.2, -0.15) is 5.10 Å². The summed E-state index contributed by atoms with van der Waals surface area (Å²) in [4.78, 5) is 15.2. The van der Waals surface area contributed by atoms with Crippen molar-refractivity contribution in [1.29, 1.82) is 0 Å². The Kier molecular flexibility index (Phi) is 5.50. The maximum absolute atomic E-state index is 13.0. The number of aryl methyl sites for hydroxylation is 1. The number of amides is 1. The summed E-state index contributed by atoms with van der Waals surface area (Å²) in [6, 6.07) is 0.433. The van der Waals surface area contributed by atoms with Crippen molar-refractivity contribution in [3.05, 3.63) is 18.0 Å². The van der Waals surface area contributed by atoms with E-state index in [4.69, 9.17) is 0 Å². The number of nitrogens with one attached hydrogen (secondary N) is 1. The minimum Gasteiger partial charge on any atom is -0.339 e. The summed E-state index contributed by atoms with van der Waals surface area (Å²) in [5.74, 6) is 1.29. The van der Waals surface area contributed by atoms with Gasteiger partial charge >= 0.3 is 0 Å².